The maximum Gasteiger partial charge on any atom is 0.305 e. The molecule has 1 saturated heterocycles. The topological polar surface area (TPSA) is 66.8 Å². The number of carbonyl (C=O) groups is 2. The first-order valence-electron chi connectivity index (χ1n) is 6.89. The minimum absolute atomic E-state index is 0.0331. The number of amides is 1. The first-order chi connectivity index (χ1) is 10.0. The normalized spacial score (nSPS) is 18.4. The molecule has 0 radical (unpaired) electrons. The van der Waals surface area contributed by atoms with E-state index >= 15 is 0 Å². The Balaban J connectivity index is 2.28. The number of hydrogen-bond donors (Lipinski definition) is 1. The first kappa shape index (κ1) is 15.6. The highest BCUT2D eigenvalue weighted by molar-refractivity contribution is 6.31. The number of aliphatic carboxylic acids is 1. The third kappa shape index (κ3) is 3.67. The van der Waals surface area contributed by atoms with Gasteiger partial charge in [0.2, 0.25) is 0 Å². The van der Waals surface area contributed by atoms with Crippen molar-refractivity contribution in [2.24, 2.45) is 0 Å². The van der Waals surface area contributed by atoms with Crippen molar-refractivity contribution in [3.05, 3.63) is 28.8 Å². The van der Waals surface area contributed by atoms with Gasteiger partial charge in [0.05, 0.1) is 19.1 Å². The zero-order valence-corrected chi connectivity index (χ0v) is 12.6. The van der Waals surface area contributed by atoms with Crippen molar-refractivity contribution in [2.75, 3.05) is 13.7 Å². The summed E-state index contributed by atoms with van der Waals surface area (Å²) in [6.07, 6.45) is 2.49. The number of likely N-dealkylation sites (tertiary alicyclic amines) is 1. The molecule has 1 aromatic carbocycles. The van der Waals surface area contributed by atoms with Crippen molar-refractivity contribution in [2.45, 2.75) is 31.7 Å². The Labute approximate surface area is 128 Å². The summed E-state index contributed by atoms with van der Waals surface area (Å²) in [7, 11) is 1.49. The molecule has 1 N–H and O–H groups in total. The van der Waals surface area contributed by atoms with Crippen molar-refractivity contribution in [3.8, 4) is 5.75 Å². The number of carbonyl (C=O) groups excluding carboxylic acids is 1. The van der Waals surface area contributed by atoms with Crippen molar-refractivity contribution in [1.29, 1.82) is 0 Å². The van der Waals surface area contributed by atoms with Crippen LogP contribution in [0.15, 0.2) is 18.2 Å². The molecule has 5 nitrogen and oxygen atoms in total. The van der Waals surface area contributed by atoms with Gasteiger partial charge in [-0.2, -0.15) is 0 Å². The number of carboxylic acids is 1. The van der Waals surface area contributed by atoms with E-state index in [0.717, 1.165) is 12.8 Å². The molecule has 6 heteroatoms. The highest BCUT2D eigenvalue weighted by Crippen LogP contribution is 2.28. The Kier molecular flexibility index (Phi) is 5.07. The van der Waals surface area contributed by atoms with E-state index in [1.54, 1.807) is 23.1 Å². The average Bonchev–Trinajstić information content (AvgIpc) is 2.46. The van der Waals surface area contributed by atoms with Crippen molar-refractivity contribution in [1.82, 2.24) is 4.90 Å². The van der Waals surface area contributed by atoms with Crippen LogP contribution in [0.3, 0.4) is 0 Å². The molecule has 0 aromatic heterocycles. The third-order valence-electron chi connectivity index (χ3n) is 3.69. The van der Waals surface area contributed by atoms with E-state index in [4.69, 9.17) is 21.4 Å². The van der Waals surface area contributed by atoms with Crippen molar-refractivity contribution < 1.29 is 19.4 Å². The molecule has 1 amide bonds. The van der Waals surface area contributed by atoms with Crippen LogP contribution in [0.2, 0.25) is 5.02 Å². The molecule has 1 unspecified atom stereocenters. The molecule has 1 heterocycles. The fourth-order valence-corrected chi connectivity index (χ4v) is 2.86. The van der Waals surface area contributed by atoms with Crippen LogP contribution >= 0.6 is 11.6 Å². The molecular formula is C15H18ClNO4. The number of piperidine rings is 1. The molecule has 0 saturated carbocycles. The molecule has 1 aliphatic heterocycles. The lowest BCUT2D eigenvalue weighted by molar-refractivity contribution is -0.138. The summed E-state index contributed by atoms with van der Waals surface area (Å²) >= 11 is 5.96. The predicted molar refractivity (Wildman–Crippen MR) is 78.9 cm³/mol. The molecule has 1 aliphatic rings. The van der Waals surface area contributed by atoms with Crippen LogP contribution in [0.25, 0.3) is 0 Å². The first-order valence-corrected chi connectivity index (χ1v) is 7.27. The van der Waals surface area contributed by atoms with Crippen molar-refractivity contribution in [3.63, 3.8) is 0 Å². The van der Waals surface area contributed by atoms with Gasteiger partial charge >= 0.3 is 5.97 Å². The summed E-state index contributed by atoms with van der Waals surface area (Å²) in [4.78, 5) is 25.3. The number of carboxylic acid groups (broad SMARTS) is 1. The fourth-order valence-electron chi connectivity index (χ4n) is 2.68. The lowest BCUT2D eigenvalue weighted by atomic mass is 9.98. The highest BCUT2D eigenvalue weighted by atomic mass is 35.5. The Hall–Kier alpha value is -1.75. The molecule has 1 atom stereocenters. The number of nitrogens with zero attached hydrogens (tertiary/aromatic N) is 1. The molecule has 0 bridgehead atoms. The summed E-state index contributed by atoms with van der Waals surface area (Å²) in [5.41, 5.74) is 0.377. The molecular weight excluding hydrogens is 294 g/mol. The summed E-state index contributed by atoms with van der Waals surface area (Å²) in [6, 6.07) is 4.59. The minimum Gasteiger partial charge on any atom is -0.496 e. The van der Waals surface area contributed by atoms with Crippen LogP contribution in [-0.2, 0) is 4.79 Å². The predicted octanol–water partition coefficient (Wildman–Crippen LogP) is 2.82. The van der Waals surface area contributed by atoms with Gasteiger partial charge in [-0.1, -0.05) is 11.6 Å². The van der Waals surface area contributed by atoms with Gasteiger partial charge in [0.15, 0.2) is 0 Å². The number of benzene rings is 1. The smallest absolute Gasteiger partial charge is 0.305 e. The highest BCUT2D eigenvalue weighted by Gasteiger charge is 2.30. The zero-order valence-electron chi connectivity index (χ0n) is 11.8. The van der Waals surface area contributed by atoms with Crippen LogP contribution in [0.1, 0.15) is 36.0 Å². The van der Waals surface area contributed by atoms with E-state index in [1.807, 2.05) is 0 Å². The van der Waals surface area contributed by atoms with Gasteiger partial charge in [0, 0.05) is 17.6 Å². The quantitative estimate of drug-likeness (QED) is 0.928. The van der Waals surface area contributed by atoms with Gasteiger partial charge in [-0.15, -0.1) is 0 Å². The summed E-state index contributed by atoms with van der Waals surface area (Å²) in [5, 5.41) is 9.45. The van der Waals surface area contributed by atoms with Crippen LogP contribution in [0.4, 0.5) is 0 Å². The Morgan fingerprint density at radius 2 is 2.19 bits per heavy atom. The molecule has 0 spiro atoms. The average molecular weight is 312 g/mol. The summed E-state index contributed by atoms with van der Waals surface area (Å²) in [5.74, 6) is -0.665. The Morgan fingerprint density at radius 3 is 2.86 bits per heavy atom. The summed E-state index contributed by atoms with van der Waals surface area (Å²) < 4.78 is 5.21. The molecule has 1 aromatic rings. The lowest BCUT2D eigenvalue weighted by Gasteiger charge is -2.35. The van der Waals surface area contributed by atoms with E-state index in [1.165, 1.54) is 7.11 Å². The number of hydrogen-bond acceptors (Lipinski definition) is 3. The maximum absolute atomic E-state index is 12.7. The lowest BCUT2D eigenvalue weighted by Crippen LogP contribution is -2.44. The molecule has 1 fully saturated rings. The monoisotopic (exact) mass is 311 g/mol. The Bertz CT molecular complexity index is 546. The zero-order chi connectivity index (χ0) is 15.4. The Morgan fingerprint density at radius 1 is 1.43 bits per heavy atom. The molecule has 21 heavy (non-hydrogen) atoms. The van der Waals surface area contributed by atoms with Crippen LogP contribution in [-0.4, -0.2) is 41.6 Å². The van der Waals surface area contributed by atoms with E-state index in [0.29, 0.717) is 29.3 Å². The number of ether oxygens (including phenoxy) is 1. The molecule has 114 valence electrons. The second-order valence-corrected chi connectivity index (χ2v) is 5.53. The van der Waals surface area contributed by atoms with Crippen LogP contribution in [0, 0.1) is 0 Å². The van der Waals surface area contributed by atoms with E-state index in [2.05, 4.69) is 0 Å². The van der Waals surface area contributed by atoms with Crippen LogP contribution in [0.5, 0.6) is 5.75 Å². The minimum atomic E-state index is -0.891. The maximum atomic E-state index is 12.7. The van der Waals surface area contributed by atoms with Gasteiger partial charge in [-0.25, -0.2) is 0 Å². The van der Waals surface area contributed by atoms with Crippen LogP contribution < -0.4 is 4.74 Å². The van der Waals surface area contributed by atoms with Gasteiger partial charge in [0.1, 0.15) is 5.75 Å². The van der Waals surface area contributed by atoms with Gasteiger partial charge < -0.3 is 14.7 Å². The van der Waals surface area contributed by atoms with E-state index in [9.17, 15) is 9.59 Å². The largest absolute Gasteiger partial charge is 0.496 e. The fraction of sp³-hybridized carbons (Fsp3) is 0.467. The second-order valence-electron chi connectivity index (χ2n) is 5.09. The molecule has 2 rings (SSSR count). The number of methoxy groups -OCH3 is 1. The van der Waals surface area contributed by atoms with Gasteiger partial charge in [-0.3, -0.25) is 9.59 Å². The standard InChI is InChI=1S/C15H18ClNO4/c1-21-13-6-5-10(16)8-12(13)15(20)17-7-3-2-4-11(17)9-14(18)19/h5-6,8,11H,2-4,7,9H2,1H3,(H,18,19). The number of rotatable bonds is 4. The summed E-state index contributed by atoms with van der Waals surface area (Å²) in [6.45, 7) is 0.562. The van der Waals surface area contributed by atoms with E-state index in [-0.39, 0.29) is 18.4 Å². The number of halogens is 1. The van der Waals surface area contributed by atoms with Gasteiger partial charge in [0.25, 0.3) is 5.91 Å². The van der Waals surface area contributed by atoms with Crippen molar-refractivity contribution >= 4 is 23.5 Å². The van der Waals surface area contributed by atoms with E-state index < -0.39 is 5.97 Å². The van der Waals surface area contributed by atoms with Gasteiger partial charge in [-0.05, 0) is 37.5 Å². The molecule has 0 aliphatic carbocycles. The second kappa shape index (κ2) is 6.80. The third-order valence-corrected chi connectivity index (χ3v) is 3.93. The SMILES string of the molecule is COc1ccc(Cl)cc1C(=O)N1CCCCC1CC(=O)O.